The average molecular weight is 297 g/mol. The Morgan fingerprint density at radius 3 is 2.32 bits per heavy atom. The molecule has 1 N–H and O–H groups in total. The quantitative estimate of drug-likeness (QED) is 0.881. The van der Waals surface area contributed by atoms with Crippen LogP contribution >= 0.6 is 0 Å². The van der Waals surface area contributed by atoms with Crippen LogP contribution in [0.25, 0.3) is 0 Å². The molecule has 1 atom stereocenters. The second-order valence-electron chi connectivity index (χ2n) is 5.19. The van der Waals surface area contributed by atoms with Crippen LogP contribution in [0, 0.1) is 6.92 Å². The Labute approximate surface area is 130 Å². The highest BCUT2D eigenvalue weighted by Crippen LogP contribution is 2.15. The number of benzene rings is 2. The Balaban J connectivity index is 2.19. The van der Waals surface area contributed by atoms with Crippen molar-refractivity contribution < 1.29 is 14.3 Å². The first-order valence-electron chi connectivity index (χ1n) is 7.07. The summed E-state index contributed by atoms with van der Waals surface area (Å²) in [5.74, 6) is -0.668. The number of amides is 1. The summed E-state index contributed by atoms with van der Waals surface area (Å²) >= 11 is 0. The number of rotatable bonds is 4. The number of hydrogen-bond donors (Lipinski definition) is 1. The minimum atomic E-state index is -0.450. The van der Waals surface area contributed by atoms with E-state index in [2.05, 4.69) is 5.32 Å². The summed E-state index contributed by atoms with van der Waals surface area (Å²) in [4.78, 5) is 24.0. The number of carbonyl (C=O) groups is 2. The van der Waals surface area contributed by atoms with Crippen LogP contribution < -0.4 is 5.32 Å². The fourth-order valence-electron chi connectivity index (χ4n) is 2.25. The van der Waals surface area contributed by atoms with Crippen LogP contribution in [0.4, 0.5) is 0 Å². The van der Waals surface area contributed by atoms with E-state index < -0.39 is 5.97 Å². The standard InChI is InChI=1S/C18H19NO3/c1-12-9-15(11-16(10-12)18(21)22-3)17(20)19-13(2)14-7-5-4-6-8-14/h4-11,13H,1-3H3,(H,19,20). The van der Waals surface area contributed by atoms with Gasteiger partial charge in [0.05, 0.1) is 18.7 Å². The first kappa shape index (κ1) is 15.8. The lowest BCUT2D eigenvalue weighted by atomic mass is 10.0. The van der Waals surface area contributed by atoms with E-state index in [9.17, 15) is 9.59 Å². The molecule has 4 heteroatoms. The predicted octanol–water partition coefficient (Wildman–Crippen LogP) is 3.27. The van der Waals surface area contributed by atoms with Crippen molar-refractivity contribution in [3.8, 4) is 0 Å². The zero-order chi connectivity index (χ0) is 16.1. The van der Waals surface area contributed by atoms with Gasteiger partial charge in [-0.2, -0.15) is 0 Å². The third-order valence-corrected chi connectivity index (χ3v) is 3.41. The number of esters is 1. The van der Waals surface area contributed by atoms with E-state index in [1.807, 2.05) is 44.2 Å². The van der Waals surface area contributed by atoms with Gasteiger partial charge in [0.15, 0.2) is 0 Å². The molecule has 2 rings (SSSR count). The van der Waals surface area contributed by atoms with Gasteiger partial charge in [-0.15, -0.1) is 0 Å². The summed E-state index contributed by atoms with van der Waals surface area (Å²) in [6.07, 6.45) is 0. The van der Waals surface area contributed by atoms with Crippen molar-refractivity contribution >= 4 is 11.9 Å². The van der Waals surface area contributed by atoms with Crippen molar-refractivity contribution in [3.05, 3.63) is 70.8 Å². The van der Waals surface area contributed by atoms with E-state index in [1.165, 1.54) is 7.11 Å². The van der Waals surface area contributed by atoms with Gasteiger partial charge in [-0.05, 0) is 43.2 Å². The molecule has 0 radical (unpaired) electrons. The van der Waals surface area contributed by atoms with E-state index in [0.29, 0.717) is 11.1 Å². The summed E-state index contributed by atoms with van der Waals surface area (Å²) in [7, 11) is 1.32. The van der Waals surface area contributed by atoms with Crippen LogP contribution in [0.15, 0.2) is 48.5 Å². The lowest BCUT2D eigenvalue weighted by Crippen LogP contribution is -2.27. The third kappa shape index (κ3) is 3.73. The minimum Gasteiger partial charge on any atom is -0.465 e. The Hall–Kier alpha value is -2.62. The summed E-state index contributed by atoms with van der Waals surface area (Å²) in [5, 5.41) is 2.93. The zero-order valence-electron chi connectivity index (χ0n) is 12.9. The normalized spacial score (nSPS) is 11.6. The van der Waals surface area contributed by atoms with Crippen LogP contribution in [0.5, 0.6) is 0 Å². The molecule has 0 bridgehead atoms. The van der Waals surface area contributed by atoms with Crippen molar-refractivity contribution in [1.29, 1.82) is 0 Å². The van der Waals surface area contributed by atoms with E-state index in [4.69, 9.17) is 4.74 Å². The lowest BCUT2D eigenvalue weighted by molar-refractivity contribution is 0.0600. The maximum absolute atomic E-state index is 12.4. The van der Waals surface area contributed by atoms with E-state index in [-0.39, 0.29) is 11.9 Å². The van der Waals surface area contributed by atoms with E-state index in [0.717, 1.165) is 11.1 Å². The SMILES string of the molecule is COC(=O)c1cc(C)cc(C(=O)NC(C)c2ccccc2)c1. The average Bonchev–Trinajstić information content (AvgIpc) is 2.54. The summed E-state index contributed by atoms with van der Waals surface area (Å²) in [6.45, 7) is 3.76. The molecule has 1 unspecified atom stereocenters. The van der Waals surface area contributed by atoms with Gasteiger partial charge in [0, 0.05) is 5.56 Å². The van der Waals surface area contributed by atoms with Crippen LogP contribution in [0.3, 0.4) is 0 Å². The molecule has 2 aromatic rings. The van der Waals surface area contributed by atoms with E-state index >= 15 is 0 Å². The Morgan fingerprint density at radius 2 is 1.68 bits per heavy atom. The predicted molar refractivity (Wildman–Crippen MR) is 84.8 cm³/mol. The molecule has 0 aliphatic heterocycles. The first-order chi connectivity index (χ1) is 10.5. The van der Waals surface area contributed by atoms with Gasteiger partial charge < -0.3 is 10.1 Å². The maximum atomic E-state index is 12.4. The molecule has 1 amide bonds. The summed E-state index contributed by atoms with van der Waals surface area (Å²) in [6, 6.07) is 14.6. The van der Waals surface area contributed by atoms with Crippen molar-refractivity contribution in [2.75, 3.05) is 7.11 Å². The van der Waals surface area contributed by atoms with Gasteiger partial charge in [0.25, 0.3) is 5.91 Å². The molecule has 0 saturated heterocycles. The highest BCUT2D eigenvalue weighted by atomic mass is 16.5. The molecule has 0 spiro atoms. The number of methoxy groups -OCH3 is 1. The maximum Gasteiger partial charge on any atom is 0.337 e. The van der Waals surface area contributed by atoms with Gasteiger partial charge in [-0.3, -0.25) is 4.79 Å². The molecular weight excluding hydrogens is 278 g/mol. The summed E-state index contributed by atoms with van der Waals surface area (Å²) in [5.41, 5.74) is 2.68. The molecule has 0 aliphatic rings. The third-order valence-electron chi connectivity index (χ3n) is 3.41. The lowest BCUT2D eigenvalue weighted by Gasteiger charge is -2.15. The Bertz CT molecular complexity index is 680. The fourth-order valence-corrected chi connectivity index (χ4v) is 2.25. The monoisotopic (exact) mass is 297 g/mol. The fraction of sp³-hybridized carbons (Fsp3) is 0.222. The Kier molecular flexibility index (Phi) is 4.94. The minimum absolute atomic E-state index is 0.115. The molecule has 4 nitrogen and oxygen atoms in total. The second kappa shape index (κ2) is 6.89. The van der Waals surface area contributed by atoms with Crippen LogP contribution in [0.1, 0.15) is 44.8 Å². The number of hydrogen-bond acceptors (Lipinski definition) is 3. The number of aryl methyl sites for hydroxylation is 1. The second-order valence-corrected chi connectivity index (χ2v) is 5.19. The highest BCUT2D eigenvalue weighted by Gasteiger charge is 2.14. The number of nitrogens with one attached hydrogen (secondary N) is 1. The molecule has 0 saturated carbocycles. The molecule has 2 aromatic carbocycles. The molecule has 0 aliphatic carbocycles. The largest absolute Gasteiger partial charge is 0.465 e. The molecular formula is C18H19NO3. The van der Waals surface area contributed by atoms with E-state index in [1.54, 1.807) is 18.2 Å². The molecule has 0 aromatic heterocycles. The molecule has 0 heterocycles. The highest BCUT2D eigenvalue weighted by molar-refractivity contribution is 5.98. The van der Waals surface area contributed by atoms with Crippen LogP contribution in [-0.2, 0) is 4.74 Å². The van der Waals surface area contributed by atoms with Gasteiger partial charge in [-0.25, -0.2) is 4.79 Å². The van der Waals surface area contributed by atoms with Crippen molar-refractivity contribution in [1.82, 2.24) is 5.32 Å². The van der Waals surface area contributed by atoms with Gasteiger partial charge in [-0.1, -0.05) is 30.3 Å². The van der Waals surface area contributed by atoms with Crippen LogP contribution in [-0.4, -0.2) is 19.0 Å². The molecule has 114 valence electrons. The molecule has 22 heavy (non-hydrogen) atoms. The first-order valence-corrected chi connectivity index (χ1v) is 7.07. The smallest absolute Gasteiger partial charge is 0.337 e. The van der Waals surface area contributed by atoms with Gasteiger partial charge in [0.1, 0.15) is 0 Å². The zero-order valence-corrected chi connectivity index (χ0v) is 12.9. The number of carbonyl (C=O) groups excluding carboxylic acids is 2. The van der Waals surface area contributed by atoms with Crippen LogP contribution in [0.2, 0.25) is 0 Å². The van der Waals surface area contributed by atoms with Crippen molar-refractivity contribution in [3.63, 3.8) is 0 Å². The molecule has 0 fully saturated rings. The topological polar surface area (TPSA) is 55.4 Å². The van der Waals surface area contributed by atoms with Crippen molar-refractivity contribution in [2.24, 2.45) is 0 Å². The Morgan fingerprint density at radius 1 is 1.05 bits per heavy atom. The van der Waals surface area contributed by atoms with Gasteiger partial charge in [0.2, 0.25) is 0 Å². The number of ether oxygens (including phenoxy) is 1. The summed E-state index contributed by atoms with van der Waals surface area (Å²) < 4.78 is 4.71. The van der Waals surface area contributed by atoms with Crippen molar-refractivity contribution in [2.45, 2.75) is 19.9 Å². The van der Waals surface area contributed by atoms with Gasteiger partial charge >= 0.3 is 5.97 Å².